The van der Waals surface area contributed by atoms with Crippen molar-refractivity contribution in [3.8, 4) is 0 Å². The number of aromatic nitrogens is 1. The van der Waals surface area contributed by atoms with Crippen molar-refractivity contribution in [3.63, 3.8) is 0 Å². The maximum atomic E-state index is 13.1. The van der Waals surface area contributed by atoms with Crippen molar-refractivity contribution >= 4 is 29.2 Å². The molecule has 10 heteroatoms. The number of carbonyl (C=O) groups excluding carboxylic acids is 3. The van der Waals surface area contributed by atoms with Crippen molar-refractivity contribution in [2.45, 2.75) is 59.2 Å². The van der Waals surface area contributed by atoms with Gasteiger partial charge in [0, 0.05) is 75.5 Å². The summed E-state index contributed by atoms with van der Waals surface area (Å²) in [6, 6.07) is 6.16. The van der Waals surface area contributed by atoms with Crippen molar-refractivity contribution in [1.29, 1.82) is 0 Å². The molecule has 0 unspecified atom stereocenters. The number of thiazole rings is 1. The van der Waals surface area contributed by atoms with Crippen LogP contribution in [0.15, 0.2) is 29.8 Å². The van der Waals surface area contributed by atoms with Crippen LogP contribution in [0.3, 0.4) is 0 Å². The number of piperazine rings is 1. The minimum Gasteiger partial charge on any atom is -0.444 e. The summed E-state index contributed by atoms with van der Waals surface area (Å²) in [7, 11) is 0. The van der Waals surface area contributed by atoms with Crippen LogP contribution in [0.4, 0.5) is 4.79 Å². The van der Waals surface area contributed by atoms with Crippen molar-refractivity contribution in [3.05, 3.63) is 51.5 Å². The van der Waals surface area contributed by atoms with E-state index in [0.29, 0.717) is 62.3 Å². The molecule has 4 heterocycles. The summed E-state index contributed by atoms with van der Waals surface area (Å²) in [6.07, 6.45) is 2.07. The Kier molecular flexibility index (Phi) is 8.72. The van der Waals surface area contributed by atoms with E-state index in [1.54, 1.807) is 11.1 Å². The van der Waals surface area contributed by atoms with Gasteiger partial charge in [0.2, 0.25) is 0 Å². The van der Waals surface area contributed by atoms with Gasteiger partial charge in [-0.1, -0.05) is 19.9 Å². The Bertz CT molecular complexity index is 1130. The molecule has 206 valence electrons. The van der Waals surface area contributed by atoms with Crippen LogP contribution in [-0.2, 0) is 17.7 Å². The molecule has 1 aromatic carbocycles. The molecule has 2 aromatic rings. The molecular formula is C28H39N5O4S. The SMILES string of the molecule is CC.CC(C)(C)OC(=O)N1CCc2cc(C(=O)N3CC(N4CCN(C(=O)c5nccs5)CC4)C3)ccc2C1. The number of amides is 3. The Labute approximate surface area is 229 Å². The fourth-order valence-corrected chi connectivity index (χ4v) is 5.56. The monoisotopic (exact) mass is 541 g/mol. The molecule has 3 aliphatic rings. The van der Waals surface area contributed by atoms with E-state index in [1.165, 1.54) is 11.3 Å². The average Bonchev–Trinajstić information content (AvgIpc) is 3.42. The fraction of sp³-hybridized carbons (Fsp3) is 0.571. The van der Waals surface area contributed by atoms with Gasteiger partial charge in [0.1, 0.15) is 5.60 Å². The summed E-state index contributed by atoms with van der Waals surface area (Å²) in [4.78, 5) is 50.0. The quantitative estimate of drug-likeness (QED) is 0.589. The number of fused-ring (bicyclic) bond motifs is 1. The zero-order valence-electron chi connectivity index (χ0n) is 23.1. The standard InChI is InChI=1S/C26H33N5O4S.C2H6/c1-26(2,3)35-25(34)30-8-6-18-14-19(4-5-20(18)15-30)23(32)31-16-21(17-31)28-9-11-29(12-10-28)24(33)22-27-7-13-36-22;1-2/h4-5,7,13-14,21H,6,8-12,15-17H2,1-3H3;1-2H3. The normalized spacial score (nSPS) is 18.2. The lowest BCUT2D eigenvalue weighted by Crippen LogP contribution is -2.64. The van der Waals surface area contributed by atoms with Gasteiger partial charge in [0.05, 0.1) is 0 Å². The molecule has 9 nitrogen and oxygen atoms in total. The number of carbonyl (C=O) groups is 3. The summed E-state index contributed by atoms with van der Waals surface area (Å²) in [6.45, 7) is 15.1. The summed E-state index contributed by atoms with van der Waals surface area (Å²) in [5.41, 5.74) is 2.38. The smallest absolute Gasteiger partial charge is 0.410 e. The van der Waals surface area contributed by atoms with E-state index in [2.05, 4.69) is 9.88 Å². The number of hydrogen-bond acceptors (Lipinski definition) is 7. The van der Waals surface area contributed by atoms with Crippen LogP contribution in [0.2, 0.25) is 0 Å². The Balaban J connectivity index is 0.00000164. The van der Waals surface area contributed by atoms with Gasteiger partial charge >= 0.3 is 6.09 Å². The van der Waals surface area contributed by atoms with Gasteiger partial charge in [-0.3, -0.25) is 14.5 Å². The van der Waals surface area contributed by atoms with Crippen LogP contribution in [-0.4, -0.2) is 99.9 Å². The first-order valence-corrected chi connectivity index (χ1v) is 14.4. The first-order valence-electron chi connectivity index (χ1n) is 13.5. The topological polar surface area (TPSA) is 86.3 Å². The summed E-state index contributed by atoms with van der Waals surface area (Å²) in [5, 5.41) is 2.37. The predicted octanol–water partition coefficient (Wildman–Crippen LogP) is 3.74. The van der Waals surface area contributed by atoms with E-state index in [4.69, 9.17) is 4.74 Å². The predicted molar refractivity (Wildman–Crippen MR) is 147 cm³/mol. The summed E-state index contributed by atoms with van der Waals surface area (Å²) < 4.78 is 5.50. The molecule has 0 saturated carbocycles. The first kappa shape index (κ1) is 28.0. The van der Waals surface area contributed by atoms with E-state index in [0.717, 1.165) is 24.2 Å². The van der Waals surface area contributed by atoms with E-state index < -0.39 is 5.60 Å². The lowest BCUT2D eigenvalue weighted by Gasteiger charge is -2.48. The van der Waals surface area contributed by atoms with Crippen LogP contribution in [0.1, 0.15) is 65.9 Å². The van der Waals surface area contributed by atoms with Gasteiger partial charge in [0.25, 0.3) is 11.8 Å². The molecule has 0 bridgehead atoms. The zero-order chi connectivity index (χ0) is 27.4. The van der Waals surface area contributed by atoms with E-state index in [9.17, 15) is 14.4 Å². The number of benzene rings is 1. The Hall–Kier alpha value is -2.98. The van der Waals surface area contributed by atoms with Crippen LogP contribution < -0.4 is 0 Å². The summed E-state index contributed by atoms with van der Waals surface area (Å²) >= 11 is 1.38. The second-order valence-electron chi connectivity index (χ2n) is 10.7. The third-order valence-electron chi connectivity index (χ3n) is 7.00. The third-order valence-corrected chi connectivity index (χ3v) is 7.76. The minimum absolute atomic E-state index is 0.0108. The molecule has 0 spiro atoms. The molecule has 1 aromatic heterocycles. The Morgan fingerprint density at radius 2 is 1.63 bits per heavy atom. The maximum Gasteiger partial charge on any atom is 0.410 e. The van der Waals surface area contributed by atoms with Crippen LogP contribution in [0.5, 0.6) is 0 Å². The van der Waals surface area contributed by atoms with Crippen LogP contribution in [0.25, 0.3) is 0 Å². The highest BCUT2D eigenvalue weighted by molar-refractivity contribution is 7.11. The maximum absolute atomic E-state index is 13.1. The molecule has 38 heavy (non-hydrogen) atoms. The number of ether oxygens (including phenoxy) is 1. The van der Waals surface area contributed by atoms with E-state index in [1.807, 2.05) is 68.0 Å². The lowest BCUT2D eigenvalue weighted by molar-refractivity contribution is 0.00844. The van der Waals surface area contributed by atoms with Gasteiger partial charge in [-0.2, -0.15) is 0 Å². The van der Waals surface area contributed by atoms with Gasteiger partial charge in [-0.25, -0.2) is 9.78 Å². The Morgan fingerprint density at radius 1 is 0.921 bits per heavy atom. The number of nitrogens with zero attached hydrogens (tertiary/aromatic N) is 5. The lowest BCUT2D eigenvalue weighted by atomic mass is 9.96. The van der Waals surface area contributed by atoms with Crippen molar-refractivity contribution < 1.29 is 19.1 Å². The highest BCUT2D eigenvalue weighted by Crippen LogP contribution is 2.25. The second kappa shape index (κ2) is 11.8. The van der Waals surface area contributed by atoms with Crippen LogP contribution in [0, 0.1) is 0 Å². The third kappa shape index (κ3) is 6.35. The highest BCUT2D eigenvalue weighted by atomic mass is 32.1. The van der Waals surface area contributed by atoms with Crippen molar-refractivity contribution in [2.24, 2.45) is 0 Å². The summed E-state index contributed by atoms with van der Waals surface area (Å²) in [5.74, 6) is 0.0675. The largest absolute Gasteiger partial charge is 0.444 e. The van der Waals surface area contributed by atoms with Crippen molar-refractivity contribution in [1.82, 2.24) is 24.6 Å². The number of likely N-dealkylation sites (tertiary alicyclic amines) is 1. The molecule has 0 N–H and O–H groups in total. The molecular weight excluding hydrogens is 502 g/mol. The Morgan fingerprint density at radius 3 is 2.26 bits per heavy atom. The van der Waals surface area contributed by atoms with Gasteiger partial charge in [-0.05, 0) is 50.5 Å². The molecule has 2 fully saturated rings. The minimum atomic E-state index is -0.519. The highest BCUT2D eigenvalue weighted by Gasteiger charge is 2.37. The fourth-order valence-electron chi connectivity index (χ4n) is 4.96. The molecule has 3 amide bonds. The van der Waals surface area contributed by atoms with Crippen molar-refractivity contribution in [2.75, 3.05) is 45.8 Å². The number of rotatable bonds is 3. The molecule has 0 radical (unpaired) electrons. The van der Waals surface area contributed by atoms with Gasteiger partial charge in [-0.15, -0.1) is 11.3 Å². The molecule has 0 aliphatic carbocycles. The van der Waals surface area contributed by atoms with Gasteiger partial charge in [0.15, 0.2) is 5.01 Å². The van der Waals surface area contributed by atoms with Gasteiger partial charge < -0.3 is 19.4 Å². The zero-order valence-corrected chi connectivity index (χ0v) is 23.9. The molecule has 0 atom stereocenters. The molecule has 2 saturated heterocycles. The second-order valence-corrected chi connectivity index (χ2v) is 11.6. The first-order chi connectivity index (χ1) is 18.2. The van der Waals surface area contributed by atoms with E-state index >= 15 is 0 Å². The van der Waals surface area contributed by atoms with E-state index in [-0.39, 0.29) is 17.9 Å². The average molecular weight is 542 g/mol. The molecule has 5 rings (SSSR count). The number of hydrogen-bond donors (Lipinski definition) is 0. The molecule has 3 aliphatic heterocycles. The van der Waals surface area contributed by atoms with Crippen LogP contribution >= 0.6 is 11.3 Å².